The average molecular weight is 332 g/mol. The van der Waals surface area contributed by atoms with Crippen molar-refractivity contribution in [3.63, 3.8) is 0 Å². The summed E-state index contributed by atoms with van der Waals surface area (Å²) in [6, 6.07) is 4.34. The second-order valence-corrected chi connectivity index (χ2v) is 6.72. The fourth-order valence-corrected chi connectivity index (χ4v) is 3.27. The molecule has 4 nitrogen and oxygen atoms in total. The van der Waals surface area contributed by atoms with E-state index in [4.69, 9.17) is 23.2 Å². The van der Waals surface area contributed by atoms with Gasteiger partial charge in [0.1, 0.15) is 0 Å². The topological polar surface area (TPSA) is 49.4 Å². The van der Waals surface area contributed by atoms with Gasteiger partial charge in [-0.1, -0.05) is 23.2 Å². The van der Waals surface area contributed by atoms with Gasteiger partial charge in [0.05, 0.1) is 14.9 Å². The molecule has 1 heterocycles. The van der Waals surface area contributed by atoms with Crippen LogP contribution in [0.5, 0.6) is 0 Å². The number of likely N-dealkylation sites (N-methyl/N-ethyl adjacent to an activating group) is 1. The van der Waals surface area contributed by atoms with E-state index < -0.39 is 10.0 Å². The van der Waals surface area contributed by atoms with Gasteiger partial charge in [-0.2, -0.15) is 4.31 Å². The maximum Gasteiger partial charge on any atom is 0.243 e. The molecule has 0 aromatic heterocycles. The van der Waals surface area contributed by atoms with Crippen molar-refractivity contribution < 1.29 is 8.42 Å². The summed E-state index contributed by atoms with van der Waals surface area (Å²) in [5.41, 5.74) is 0. The van der Waals surface area contributed by atoms with E-state index in [1.807, 2.05) is 0 Å². The monoisotopic (exact) mass is 330 g/mol. The first kappa shape index (κ1) is 16.0. The van der Waals surface area contributed by atoms with E-state index in [0.29, 0.717) is 18.1 Å². The SMILES string of the molecule is CN(C1CNC1)S(=O)(=O)c1ccc(Cl)c(Cl)c1.Cl. The molecule has 1 aromatic rings. The predicted molar refractivity (Wildman–Crippen MR) is 75.3 cm³/mol. The van der Waals surface area contributed by atoms with Crippen LogP contribution in [-0.2, 0) is 10.0 Å². The summed E-state index contributed by atoms with van der Waals surface area (Å²) >= 11 is 11.6. The lowest BCUT2D eigenvalue weighted by Gasteiger charge is -2.34. The molecule has 0 spiro atoms. The second-order valence-electron chi connectivity index (χ2n) is 3.91. The molecule has 0 radical (unpaired) electrons. The summed E-state index contributed by atoms with van der Waals surface area (Å²) in [6.45, 7) is 1.36. The van der Waals surface area contributed by atoms with Crippen LogP contribution in [0, 0.1) is 0 Å². The van der Waals surface area contributed by atoms with Gasteiger partial charge < -0.3 is 5.32 Å². The molecule has 1 aliphatic heterocycles. The first-order chi connectivity index (χ1) is 7.93. The standard InChI is InChI=1S/C10H12Cl2N2O2S.ClH/c1-14(7-5-13-6-7)17(15,16)8-2-3-9(11)10(12)4-8;/h2-4,7,13H,5-6H2,1H3;1H. The molecule has 0 atom stereocenters. The number of hydrogen-bond donors (Lipinski definition) is 1. The second kappa shape index (κ2) is 5.94. The largest absolute Gasteiger partial charge is 0.313 e. The van der Waals surface area contributed by atoms with Crippen molar-refractivity contribution in [3.05, 3.63) is 28.2 Å². The van der Waals surface area contributed by atoms with Crippen molar-refractivity contribution in [3.8, 4) is 0 Å². The number of benzene rings is 1. The maximum absolute atomic E-state index is 12.2. The van der Waals surface area contributed by atoms with Crippen LogP contribution in [-0.4, -0.2) is 38.9 Å². The highest BCUT2D eigenvalue weighted by molar-refractivity contribution is 7.89. The van der Waals surface area contributed by atoms with Gasteiger partial charge in [0.2, 0.25) is 10.0 Å². The molecule has 2 rings (SSSR count). The lowest BCUT2D eigenvalue weighted by molar-refractivity contribution is 0.274. The third-order valence-corrected chi connectivity index (χ3v) is 5.49. The average Bonchev–Trinajstić information content (AvgIpc) is 2.19. The molecule has 0 bridgehead atoms. The molecule has 1 aromatic carbocycles. The Morgan fingerprint density at radius 3 is 2.33 bits per heavy atom. The molecule has 0 amide bonds. The zero-order valence-electron chi connectivity index (χ0n) is 9.56. The van der Waals surface area contributed by atoms with Gasteiger partial charge in [0, 0.05) is 26.2 Å². The molecule has 18 heavy (non-hydrogen) atoms. The highest BCUT2D eigenvalue weighted by Crippen LogP contribution is 2.27. The van der Waals surface area contributed by atoms with Crippen molar-refractivity contribution in [1.82, 2.24) is 9.62 Å². The molecule has 1 saturated heterocycles. The van der Waals surface area contributed by atoms with Crippen LogP contribution in [0.4, 0.5) is 0 Å². The first-order valence-corrected chi connectivity index (χ1v) is 7.26. The minimum Gasteiger partial charge on any atom is -0.313 e. The van der Waals surface area contributed by atoms with Gasteiger partial charge in [-0.15, -0.1) is 12.4 Å². The molecule has 0 unspecified atom stereocenters. The minimum absolute atomic E-state index is 0. The quantitative estimate of drug-likeness (QED) is 0.922. The summed E-state index contributed by atoms with van der Waals surface area (Å²) < 4.78 is 25.8. The van der Waals surface area contributed by atoms with E-state index in [1.165, 1.54) is 22.5 Å². The fraction of sp³-hybridized carbons (Fsp3) is 0.400. The number of nitrogens with zero attached hydrogens (tertiary/aromatic N) is 1. The minimum atomic E-state index is -3.49. The number of halogens is 3. The Morgan fingerprint density at radius 1 is 1.28 bits per heavy atom. The Labute approximate surface area is 123 Å². The summed E-state index contributed by atoms with van der Waals surface area (Å²) in [7, 11) is -1.92. The van der Waals surface area contributed by atoms with Crippen LogP contribution < -0.4 is 5.32 Å². The van der Waals surface area contributed by atoms with E-state index in [0.717, 1.165) is 0 Å². The molecule has 0 aliphatic carbocycles. The number of hydrogen-bond acceptors (Lipinski definition) is 3. The van der Waals surface area contributed by atoms with Crippen LogP contribution in [0.25, 0.3) is 0 Å². The number of sulfonamides is 1. The smallest absolute Gasteiger partial charge is 0.243 e. The Kier molecular flexibility index (Phi) is 5.29. The van der Waals surface area contributed by atoms with Crippen LogP contribution in [0.1, 0.15) is 0 Å². The van der Waals surface area contributed by atoms with Crippen LogP contribution >= 0.6 is 35.6 Å². The first-order valence-electron chi connectivity index (χ1n) is 5.07. The normalized spacial score (nSPS) is 16.2. The van der Waals surface area contributed by atoms with Gasteiger partial charge in [-0.3, -0.25) is 0 Å². The lowest BCUT2D eigenvalue weighted by atomic mass is 10.2. The van der Waals surface area contributed by atoms with Gasteiger partial charge >= 0.3 is 0 Å². The lowest BCUT2D eigenvalue weighted by Crippen LogP contribution is -2.57. The summed E-state index contributed by atoms with van der Waals surface area (Å²) in [5, 5.41) is 3.62. The molecule has 8 heteroatoms. The van der Waals surface area contributed by atoms with Crippen molar-refractivity contribution in [2.75, 3.05) is 20.1 Å². The van der Waals surface area contributed by atoms with Crippen molar-refractivity contribution in [2.24, 2.45) is 0 Å². The van der Waals surface area contributed by atoms with Gasteiger partial charge in [0.15, 0.2) is 0 Å². The molecular weight excluding hydrogens is 319 g/mol. The van der Waals surface area contributed by atoms with E-state index in [1.54, 1.807) is 7.05 Å². The van der Waals surface area contributed by atoms with Crippen LogP contribution in [0.2, 0.25) is 10.0 Å². The third-order valence-electron chi connectivity index (χ3n) is 2.84. The van der Waals surface area contributed by atoms with E-state index in [9.17, 15) is 8.42 Å². The highest BCUT2D eigenvalue weighted by Gasteiger charge is 2.31. The number of nitrogens with one attached hydrogen (secondary N) is 1. The summed E-state index contributed by atoms with van der Waals surface area (Å²) in [5.74, 6) is 0. The predicted octanol–water partition coefficient (Wildman–Crippen LogP) is 2.01. The van der Waals surface area contributed by atoms with E-state index in [-0.39, 0.29) is 28.4 Å². The van der Waals surface area contributed by atoms with Crippen molar-refractivity contribution >= 4 is 45.6 Å². The fourth-order valence-electron chi connectivity index (χ4n) is 1.53. The Balaban J connectivity index is 0.00000162. The zero-order valence-corrected chi connectivity index (χ0v) is 12.7. The van der Waals surface area contributed by atoms with Crippen molar-refractivity contribution in [1.29, 1.82) is 0 Å². The molecule has 102 valence electrons. The molecular formula is C10H13Cl3N2O2S. The van der Waals surface area contributed by atoms with Gasteiger partial charge in [-0.05, 0) is 18.2 Å². The van der Waals surface area contributed by atoms with Crippen molar-refractivity contribution in [2.45, 2.75) is 10.9 Å². The van der Waals surface area contributed by atoms with E-state index in [2.05, 4.69) is 5.32 Å². The number of rotatable bonds is 3. The molecule has 1 aliphatic rings. The van der Waals surface area contributed by atoms with Gasteiger partial charge in [-0.25, -0.2) is 8.42 Å². The Bertz CT molecular complexity index is 532. The van der Waals surface area contributed by atoms with Crippen LogP contribution in [0.3, 0.4) is 0 Å². The van der Waals surface area contributed by atoms with Crippen LogP contribution in [0.15, 0.2) is 23.1 Å². The molecule has 1 fully saturated rings. The Hall–Kier alpha value is -0.0400. The zero-order chi connectivity index (χ0) is 12.6. The Morgan fingerprint density at radius 2 is 1.89 bits per heavy atom. The maximum atomic E-state index is 12.2. The van der Waals surface area contributed by atoms with E-state index >= 15 is 0 Å². The highest BCUT2D eigenvalue weighted by atomic mass is 35.5. The third kappa shape index (κ3) is 2.92. The summed E-state index contributed by atoms with van der Waals surface area (Å²) in [4.78, 5) is 0.168. The van der Waals surface area contributed by atoms with Gasteiger partial charge in [0.25, 0.3) is 0 Å². The summed E-state index contributed by atoms with van der Waals surface area (Å²) in [6.07, 6.45) is 0. The molecule has 1 N–H and O–H groups in total. The molecule has 0 saturated carbocycles.